The summed E-state index contributed by atoms with van der Waals surface area (Å²) in [4.78, 5) is 26.0. The Balaban J connectivity index is 0.00000280. The molecule has 0 aromatic heterocycles. The lowest BCUT2D eigenvalue weighted by Gasteiger charge is -2.23. The first kappa shape index (κ1) is 22.4. The minimum atomic E-state index is -0.380. The number of imide groups is 1. The number of rotatable bonds is 7. The van der Waals surface area contributed by atoms with Crippen molar-refractivity contribution in [1.82, 2.24) is 10.6 Å². The molecule has 2 aliphatic heterocycles. The Morgan fingerprint density at radius 1 is 1.32 bits per heavy atom. The van der Waals surface area contributed by atoms with Crippen molar-refractivity contribution in [2.45, 2.75) is 12.5 Å². The van der Waals surface area contributed by atoms with Crippen LogP contribution in [-0.4, -0.2) is 57.6 Å². The molecular formula is C18H25ClN4O4S. The highest BCUT2D eigenvalue weighted by atomic mass is 35.5. The maximum atomic E-state index is 12.0. The van der Waals surface area contributed by atoms with Crippen molar-refractivity contribution in [3.63, 3.8) is 0 Å². The number of hydrogen-bond acceptors (Lipinski definition) is 8. The third-order valence-corrected chi connectivity index (χ3v) is 5.38. The summed E-state index contributed by atoms with van der Waals surface area (Å²) in [6.07, 6.45) is 2.72. The van der Waals surface area contributed by atoms with Gasteiger partial charge < -0.3 is 25.4 Å². The largest absolute Gasteiger partial charge is 0.493 e. The van der Waals surface area contributed by atoms with Gasteiger partial charge in [-0.25, -0.2) is 0 Å². The van der Waals surface area contributed by atoms with Gasteiger partial charge in [0.25, 0.3) is 11.1 Å². The van der Waals surface area contributed by atoms with E-state index in [2.05, 4.69) is 15.5 Å². The molecule has 0 bridgehead atoms. The van der Waals surface area contributed by atoms with Gasteiger partial charge in [-0.05, 0) is 30.3 Å². The Hall–Kier alpha value is -1.94. The molecule has 4 N–H and O–H groups in total. The Morgan fingerprint density at radius 3 is 2.64 bits per heavy atom. The molecule has 0 radical (unpaired) electrons. The Morgan fingerprint density at radius 2 is 2.04 bits per heavy atom. The van der Waals surface area contributed by atoms with Gasteiger partial charge in [0, 0.05) is 49.5 Å². The molecule has 3 rings (SSSR count). The van der Waals surface area contributed by atoms with Crippen LogP contribution < -0.4 is 30.7 Å². The third kappa shape index (κ3) is 4.91. The summed E-state index contributed by atoms with van der Waals surface area (Å²) in [6.45, 7) is 3.07. The molecule has 0 saturated carbocycles. The van der Waals surface area contributed by atoms with Crippen LogP contribution in [0, 0.1) is 0 Å². The van der Waals surface area contributed by atoms with Crippen LogP contribution in [0.2, 0.25) is 0 Å². The number of benzene rings is 1. The van der Waals surface area contributed by atoms with E-state index in [1.807, 2.05) is 12.1 Å². The highest BCUT2D eigenvalue weighted by Crippen LogP contribution is 2.39. The first-order valence-corrected chi connectivity index (χ1v) is 9.56. The van der Waals surface area contributed by atoms with Crippen LogP contribution in [0.1, 0.15) is 12.0 Å². The average molecular weight is 429 g/mol. The van der Waals surface area contributed by atoms with Crippen LogP contribution in [0.25, 0.3) is 6.08 Å². The van der Waals surface area contributed by atoms with Crippen molar-refractivity contribution in [3.05, 3.63) is 22.6 Å². The SMILES string of the molecule is COc1cc(C=C2SC(=O)NC2=O)c(N2CCC(NCCN)C2)cc1OC.Cl. The molecular weight excluding hydrogens is 404 g/mol. The summed E-state index contributed by atoms with van der Waals surface area (Å²) in [5, 5.41) is 5.36. The molecule has 154 valence electrons. The van der Waals surface area contributed by atoms with E-state index >= 15 is 0 Å². The Bertz CT molecular complexity index is 774. The quantitative estimate of drug-likeness (QED) is 0.562. The lowest BCUT2D eigenvalue weighted by Crippen LogP contribution is -2.35. The molecule has 1 unspecified atom stereocenters. The molecule has 0 aliphatic carbocycles. The second kappa shape index (κ2) is 10.0. The molecule has 1 atom stereocenters. The molecule has 2 saturated heterocycles. The van der Waals surface area contributed by atoms with Gasteiger partial charge in [-0.2, -0.15) is 0 Å². The van der Waals surface area contributed by atoms with Crippen molar-refractivity contribution >= 4 is 47.1 Å². The predicted molar refractivity (Wildman–Crippen MR) is 114 cm³/mol. The van der Waals surface area contributed by atoms with E-state index in [0.717, 1.165) is 49.1 Å². The van der Waals surface area contributed by atoms with Gasteiger partial charge in [0.05, 0.1) is 19.1 Å². The standard InChI is InChI=1S/C18H24N4O4S.ClH/c1-25-14-7-11(8-16-17(23)21-18(24)27-16)13(9-15(14)26-2)22-6-3-12(10-22)20-5-4-19;/h7-9,12,20H,3-6,10,19H2,1-2H3,(H,21,23,24);1H. The number of halogens is 1. The summed E-state index contributed by atoms with van der Waals surface area (Å²) in [6, 6.07) is 4.10. The number of nitrogens with two attached hydrogens (primary N) is 1. The van der Waals surface area contributed by atoms with E-state index < -0.39 is 0 Å². The fourth-order valence-corrected chi connectivity index (χ4v) is 3.94. The summed E-state index contributed by atoms with van der Waals surface area (Å²) in [7, 11) is 3.16. The molecule has 2 amide bonds. The maximum absolute atomic E-state index is 12.0. The van der Waals surface area contributed by atoms with Gasteiger partial charge in [0.1, 0.15) is 0 Å². The number of carbonyl (C=O) groups excluding carboxylic acids is 2. The van der Waals surface area contributed by atoms with Crippen molar-refractivity contribution in [3.8, 4) is 11.5 Å². The fourth-order valence-electron chi connectivity index (χ4n) is 3.27. The number of nitrogens with zero attached hydrogens (tertiary/aromatic N) is 1. The molecule has 10 heteroatoms. The molecule has 2 aliphatic rings. The first-order chi connectivity index (χ1) is 13.0. The van der Waals surface area contributed by atoms with Gasteiger partial charge in [0.2, 0.25) is 0 Å². The Kier molecular flexibility index (Phi) is 7.99. The summed E-state index contributed by atoms with van der Waals surface area (Å²) in [5.74, 6) is 0.808. The second-order valence-corrected chi connectivity index (χ2v) is 7.31. The minimum absolute atomic E-state index is 0. The van der Waals surface area contributed by atoms with E-state index in [0.29, 0.717) is 29.0 Å². The summed E-state index contributed by atoms with van der Waals surface area (Å²) >= 11 is 0.900. The topological polar surface area (TPSA) is 106 Å². The van der Waals surface area contributed by atoms with Crippen molar-refractivity contribution < 1.29 is 19.1 Å². The van der Waals surface area contributed by atoms with Gasteiger partial charge >= 0.3 is 0 Å². The van der Waals surface area contributed by atoms with Gasteiger partial charge in [0.15, 0.2) is 11.5 Å². The number of amides is 2. The Labute approximate surface area is 174 Å². The van der Waals surface area contributed by atoms with Crippen LogP contribution in [-0.2, 0) is 4.79 Å². The van der Waals surface area contributed by atoms with Crippen LogP contribution in [0.15, 0.2) is 17.0 Å². The van der Waals surface area contributed by atoms with E-state index in [9.17, 15) is 9.59 Å². The monoisotopic (exact) mass is 428 g/mol. The maximum Gasteiger partial charge on any atom is 0.290 e. The van der Waals surface area contributed by atoms with Crippen LogP contribution in [0.4, 0.5) is 10.5 Å². The molecule has 2 fully saturated rings. The third-order valence-electron chi connectivity index (χ3n) is 4.57. The van der Waals surface area contributed by atoms with Crippen molar-refractivity contribution in [2.24, 2.45) is 5.73 Å². The van der Waals surface area contributed by atoms with E-state index in [4.69, 9.17) is 15.2 Å². The van der Waals surface area contributed by atoms with Gasteiger partial charge in [-0.3, -0.25) is 14.9 Å². The molecule has 2 heterocycles. The second-order valence-electron chi connectivity index (χ2n) is 6.29. The van der Waals surface area contributed by atoms with Crippen molar-refractivity contribution in [2.75, 3.05) is 45.3 Å². The zero-order chi connectivity index (χ0) is 19.4. The highest BCUT2D eigenvalue weighted by molar-refractivity contribution is 8.18. The number of methoxy groups -OCH3 is 2. The average Bonchev–Trinajstić information content (AvgIpc) is 3.25. The zero-order valence-electron chi connectivity index (χ0n) is 15.8. The number of nitrogens with one attached hydrogen (secondary N) is 2. The lowest BCUT2D eigenvalue weighted by molar-refractivity contribution is -0.115. The smallest absolute Gasteiger partial charge is 0.290 e. The predicted octanol–water partition coefficient (Wildman–Crippen LogP) is 1.58. The van der Waals surface area contributed by atoms with Gasteiger partial charge in [-0.15, -0.1) is 12.4 Å². The molecule has 0 spiro atoms. The fraction of sp³-hybridized carbons (Fsp3) is 0.444. The normalized spacial score (nSPS) is 20.3. The lowest BCUT2D eigenvalue weighted by atomic mass is 10.1. The van der Waals surface area contributed by atoms with E-state index in [-0.39, 0.29) is 23.6 Å². The van der Waals surface area contributed by atoms with Gasteiger partial charge in [-0.1, -0.05) is 0 Å². The molecule has 1 aromatic rings. The first-order valence-electron chi connectivity index (χ1n) is 8.75. The number of anilines is 1. The number of thioether (sulfide) groups is 1. The summed E-state index contributed by atoms with van der Waals surface area (Å²) in [5.41, 5.74) is 7.32. The molecule has 8 nitrogen and oxygen atoms in total. The van der Waals surface area contributed by atoms with E-state index in [1.54, 1.807) is 20.3 Å². The molecule has 1 aromatic carbocycles. The number of hydrogen-bond donors (Lipinski definition) is 3. The summed E-state index contributed by atoms with van der Waals surface area (Å²) < 4.78 is 10.9. The molecule has 28 heavy (non-hydrogen) atoms. The zero-order valence-corrected chi connectivity index (χ0v) is 17.5. The highest BCUT2D eigenvalue weighted by Gasteiger charge is 2.28. The van der Waals surface area contributed by atoms with Crippen LogP contribution in [0.3, 0.4) is 0 Å². The van der Waals surface area contributed by atoms with Crippen molar-refractivity contribution in [1.29, 1.82) is 0 Å². The van der Waals surface area contributed by atoms with E-state index in [1.165, 1.54) is 0 Å². The van der Waals surface area contributed by atoms with Crippen LogP contribution in [0.5, 0.6) is 11.5 Å². The minimum Gasteiger partial charge on any atom is -0.493 e. The number of carbonyl (C=O) groups is 2. The van der Waals surface area contributed by atoms with Crippen LogP contribution >= 0.6 is 24.2 Å². The number of ether oxygens (including phenoxy) is 2.